The lowest BCUT2D eigenvalue weighted by Crippen LogP contribution is -2.35. The second-order valence-corrected chi connectivity index (χ2v) is 6.66. The van der Waals surface area contributed by atoms with Crippen LogP contribution in [0.3, 0.4) is 0 Å². The number of benzene rings is 1. The van der Waals surface area contributed by atoms with E-state index in [-0.39, 0.29) is 6.61 Å². The smallest absolute Gasteiger partial charge is 0.120 e. The van der Waals surface area contributed by atoms with Gasteiger partial charge in [-0.15, -0.1) is 0 Å². The molecule has 1 fully saturated rings. The molecule has 1 aromatic rings. The van der Waals surface area contributed by atoms with Crippen LogP contribution in [0.25, 0.3) is 0 Å². The number of thioether (sulfide) groups is 1. The average molecular weight is 306 g/mol. The molecule has 0 aliphatic carbocycles. The number of aliphatic hydroxyl groups excluding tert-OH is 1. The molecular formula is C16H22N2O2S. The van der Waals surface area contributed by atoms with Gasteiger partial charge in [-0.05, 0) is 36.8 Å². The third kappa shape index (κ3) is 5.96. The topological polar surface area (TPSA) is 65.3 Å². The van der Waals surface area contributed by atoms with Gasteiger partial charge in [0.25, 0.3) is 0 Å². The first-order valence-corrected chi connectivity index (χ1v) is 8.46. The van der Waals surface area contributed by atoms with Crippen LogP contribution < -0.4 is 10.1 Å². The first kappa shape index (κ1) is 16.2. The van der Waals surface area contributed by atoms with Crippen LogP contribution in [0.4, 0.5) is 0 Å². The predicted octanol–water partition coefficient (Wildman–Crippen LogP) is 2.17. The van der Waals surface area contributed by atoms with E-state index >= 15 is 0 Å². The van der Waals surface area contributed by atoms with E-state index in [2.05, 4.69) is 11.4 Å². The fourth-order valence-corrected chi connectivity index (χ4v) is 3.56. The number of nitriles is 1. The maximum absolute atomic E-state index is 9.91. The van der Waals surface area contributed by atoms with Gasteiger partial charge in [0.2, 0.25) is 0 Å². The number of ether oxygens (including phenoxy) is 1. The zero-order valence-corrected chi connectivity index (χ0v) is 12.9. The Balaban J connectivity index is 1.62. The van der Waals surface area contributed by atoms with Gasteiger partial charge in [0.1, 0.15) is 18.5 Å². The van der Waals surface area contributed by atoms with Gasteiger partial charge in [-0.25, -0.2) is 0 Å². The van der Waals surface area contributed by atoms with Gasteiger partial charge >= 0.3 is 0 Å². The monoisotopic (exact) mass is 306 g/mol. The van der Waals surface area contributed by atoms with Crippen molar-refractivity contribution in [3.05, 3.63) is 29.8 Å². The van der Waals surface area contributed by atoms with E-state index in [0.29, 0.717) is 23.1 Å². The van der Waals surface area contributed by atoms with Gasteiger partial charge in [0, 0.05) is 18.3 Å². The number of nitrogens with zero attached hydrogens (tertiary/aromatic N) is 1. The van der Waals surface area contributed by atoms with Crippen LogP contribution in [0, 0.1) is 11.3 Å². The molecule has 1 aliphatic rings. The quantitative estimate of drug-likeness (QED) is 0.808. The third-order valence-electron chi connectivity index (χ3n) is 3.43. The third-order valence-corrected chi connectivity index (χ3v) is 4.83. The summed E-state index contributed by atoms with van der Waals surface area (Å²) in [6, 6.07) is 9.04. The molecule has 1 saturated heterocycles. The van der Waals surface area contributed by atoms with Gasteiger partial charge < -0.3 is 15.2 Å². The van der Waals surface area contributed by atoms with Crippen LogP contribution in [0.1, 0.15) is 24.8 Å². The first-order chi connectivity index (χ1) is 10.3. The zero-order valence-electron chi connectivity index (χ0n) is 12.1. The average Bonchev–Trinajstić information content (AvgIpc) is 2.54. The molecule has 2 rings (SSSR count). The highest BCUT2D eigenvalue weighted by Crippen LogP contribution is 2.24. The van der Waals surface area contributed by atoms with Crippen molar-refractivity contribution in [2.24, 2.45) is 0 Å². The van der Waals surface area contributed by atoms with E-state index in [1.807, 2.05) is 11.8 Å². The molecule has 1 aromatic carbocycles. The molecular weight excluding hydrogens is 284 g/mol. The maximum Gasteiger partial charge on any atom is 0.120 e. The SMILES string of the molecule is N#Cc1cccc(OCC(O)CNCC2CCCCS2)c1. The maximum atomic E-state index is 9.91. The summed E-state index contributed by atoms with van der Waals surface area (Å²) in [6.45, 7) is 1.72. The molecule has 2 atom stereocenters. The van der Waals surface area contributed by atoms with E-state index in [1.54, 1.807) is 24.3 Å². The van der Waals surface area contributed by atoms with Crippen LogP contribution in [0.5, 0.6) is 5.75 Å². The van der Waals surface area contributed by atoms with Crippen molar-refractivity contribution >= 4 is 11.8 Å². The fraction of sp³-hybridized carbons (Fsp3) is 0.562. The fourth-order valence-electron chi connectivity index (χ4n) is 2.29. The minimum absolute atomic E-state index is 0.236. The summed E-state index contributed by atoms with van der Waals surface area (Å²) in [5.74, 6) is 1.88. The van der Waals surface area contributed by atoms with Gasteiger partial charge in [-0.1, -0.05) is 12.5 Å². The van der Waals surface area contributed by atoms with Crippen molar-refractivity contribution in [1.29, 1.82) is 5.26 Å². The second-order valence-electron chi connectivity index (χ2n) is 5.25. The summed E-state index contributed by atoms with van der Waals surface area (Å²) in [5, 5.41) is 22.7. The summed E-state index contributed by atoms with van der Waals surface area (Å²) in [4.78, 5) is 0. The van der Waals surface area contributed by atoms with Gasteiger partial charge in [-0.3, -0.25) is 0 Å². The van der Waals surface area contributed by atoms with Crippen LogP contribution >= 0.6 is 11.8 Å². The second kappa shape index (κ2) is 8.93. The van der Waals surface area contributed by atoms with Crippen molar-refractivity contribution < 1.29 is 9.84 Å². The number of hydrogen-bond donors (Lipinski definition) is 2. The van der Waals surface area contributed by atoms with E-state index in [0.717, 1.165) is 6.54 Å². The minimum Gasteiger partial charge on any atom is -0.491 e. The number of hydrogen-bond acceptors (Lipinski definition) is 5. The Morgan fingerprint density at radius 2 is 2.38 bits per heavy atom. The number of aliphatic hydroxyl groups is 1. The van der Waals surface area contributed by atoms with Crippen LogP contribution in [0.2, 0.25) is 0 Å². The summed E-state index contributed by atoms with van der Waals surface area (Å²) in [6.07, 6.45) is 3.38. The molecule has 2 unspecified atom stereocenters. The molecule has 0 bridgehead atoms. The molecule has 0 spiro atoms. The van der Waals surface area contributed by atoms with E-state index in [9.17, 15) is 5.11 Å². The molecule has 0 aromatic heterocycles. The molecule has 2 N–H and O–H groups in total. The summed E-state index contributed by atoms with van der Waals surface area (Å²) < 4.78 is 5.51. The molecule has 21 heavy (non-hydrogen) atoms. The Bertz CT molecular complexity index is 470. The Kier molecular flexibility index (Phi) is 6.87. The van der Waals surface area contributed by atoms with Gasteiger partial charge in [-0.2, -0.15) is 17.0 Å². The Morgan fingerprint density at radius 3 is 3.14 bits per heavy atom. The van der Waals surface area contributed by atoms with Crippen molar-refractivity contribution in [2.45, 2.75) is 30.6 Å². The zero-order chi connectivity index (χ0) is 14.9. The molecule has 5 heteroatoms. The highest BCUT2D eigenvalue weighted by Gasteiger charge is 2.14. The van der Waals surface area contributed by atoms with Crippen molar-refractivity contribution in [2.75, 3.05) is 25.4 Å². The lowest BCUT2D eigenvalue weighted by Gasteiger charge is -2.22. The van der Waals surface area contributed by atoms with Crippen LogP contribution in [0.15, 0.2) is 24.3 Å². The molecule has 1 heterocycles. The van der Waals surface area contributed by atoms with Crippen molar-refractivity contribution in [3.8, 4) is 11.8 Å². The number of rotatable bonds is 7. The number of nitrogens with one attached hydrogen (secondary N) is 1. The van der Waals surface area contributed by atoms with E-state index in [1.165, 1.54) is 25.0 Å². The first-order valence-electron chi connectivity index (χ1n) is 7.41. The lowest BCUT2D eigenvalue weighted by atomic mass is 10.2. The highest BCUT2D eigenvalue weighted by atomic mass is 32.2. The summed E-state index contributed by atoms with van der Waals surface area (Å²) in [5.41, 5.74) is 0.564. The molecule has 1 aliphatic heterocycles. The molecule has 114 valence electrons. The Labute approximate surface area is 130 Å². The molecule has 0 amide bonds. The van der Waals surface area contributed by atoms with Crippen molar-refractivity contribution in [3.63, 3.8) is 0 Å². The van der Waals surface area contributed by atoms with Crippen molar-refractivity contribution in [1.82, 2.24) is 5.32 Å². The predicted molar refractivity (Wildman–Crippen MR) is 85.6 cm³/mol. The highest BCUT2D eigenvalue weighted by molar-refractivity contribution is 7.99. The molecule has 0 radical (unpaired) electrons. The molecule has 0 saturated carbocycles. The Hall–Kier alpha value is -1.22. The molecule has 4 nitrogen and oxygen atoms in total. The normalized spacial score (nSPS) is 19.7. The lowest BCUT2D eigenvalue weighted by molar-refractivity contribution is 0.106. The van der Waals surface area contributed by atoms with E-state index in [4.69, 9.17) is 10.00 Å². The summed E-state index contributed by atoms with van der Waals surface area (Å²) >= 11 is 2.02. The largest absolute Gasteiger partial charge is 0.491 e. The minimum atomic E-state index is -0.538. The van der Waals surface area contributed by atoms with E-state index < -0.39 is 6.10 Å². The van der Waals surface area contributed by atoms with Crippen LogP contribution in [-0.2, 0) is 0 Å². The standard InChI is InChI=1S/C16H22N2O2S/c17-9-13-4-3-5-15(8-13)20-12-14(19)10-18-11-16-6-1-2-7-21-16/h3-5,8,14,16,18-19H,1-2,6-7,10-12H2. The van der Waals surface area contributed by atoms with Gasteiger partial charge in [0.15, 0.2) is 0 Å². The Morgan fingerprint density at radius 1 is 1.48 bits per heavy atom. The summed E-state index contributed by atoms with van der Waals surface area (Å²) in [7, 11) is 0. The van der Waals surface area contributed by atoms with Gasteiger partial charge in [0.05, 0.1) is 11.6 Å². The van der Waals surface area contributed by atoms with Crippen LogP contribution in [-0.4, -0.2) is 41.9 Å².